The molecular weight excluding hydrogens is 900 g/mol. The van der Waals surface area contributed by atoms with E-state index in [4.69, 9.17) is 37.9 Å². The highest BCUT2D eigenvalue weighted by molar-refractivity contribution is 5.76. The van der Waals surface area contributed by atoms with Crippen LogP contribution in [0.2, 0.25) is 0 Å². The number of hydrogen-bond acceptors (Lipinski definition) is 25. The summed E-state index contributed by atoms with van der Waals surface area (Å²) in [6.07, 6.45) is -34.1. The number of aliphatic hydroxyl groups excluding tert-OH is 12. The van der Waals surface area contributed by atoms with Crippen molar-refractivity contribution in [3.63, 3.8) is 0 Å². The predicted molar refractivity (Wildman–Crippen MR) is 209 cm³/mol. The van der Waals surface area contributed by atoms with Gasteiger partial charge in [-0.3, -0.25) is 14.4 Å². The molecule has 0 aliphatic carbocycles. The second-order valence-electron chi connectivity index (χ2n) is 16.3. The molecule has 28 heteroatoms. The Labute approximate surface area is 376 Å². The molecule has 21 atom stereocenters. The number of carbonyl (C=O) groups is 4. The summed E-state index contributed by atoms with van der Waals surface area (Å²) in [4.78, 5) is 48.3. The van der Waals surface area contributed by atoms with Crippen molar-refractivity contribution < 1.29 is 128 Å². The van der Waals surface area contributed by atoms with Gasteiger partial charge in [-0.25, -0.2) is 4.79 Å². The summed E-state index contributed by atoms with van der Waals surface area (Å²) in [5.74, 6) is -6.95. The van der Waals surface area contributed by atoms with Gasteiger partial charge in [-0.15, -0.1) is 0 Å². The third-order valence-electron chi connectivity index (χ3n) is 11.5. The third kappa shape index (κ3) is 13.2. The number of aliphatic hydroxyl groups is 12. The smallest absolute Gasteiger partial charge is 0.364 e. The molecule has 0 aromatic heterocycles. The van der Waals surface area contributed by atoms with Crippen LogP contribution in [-0.2, 0) is 61.8 Å². The van der Waals surface area contributed by atoms with Gasteiger partial charge < -0.3 is 120 Å². The van der Waals surface area contributed by atoms with E-state index in [1.54, 1.807) is 0 Å². The molecule has 0 spiro atoms. The molecule has 4 aliphatic heterocycles. The van der Waals surface area contributed by atoms with Gasteiger partial charge in [-0.05, 0) is 12.8 Å². The van der Waals surface area contributed by atoms with Crippen LogP contribution in [0.1, 0.15) is 46.0 Å². The molecule has 382 valence electrons. The molecule has 28 nitrogen and oxygen atoms in total. The number of esters is 1. The van der Waals surface area contributed by atoms with Crippen LogP contribution in [-0.4, -0.2) is 259 Å². The summed E-state index contributed by atoms with van der Waals surface area (Å²) in [7, 11) is 1.26. The average molecular weight is 965 g/mol. The van der Waals surface area contributed by atoms with E-state index >= 15 is 0 Å². The molecule has 15 N–H and O–H groups in total. The van der Waals surface area contributed by atoms with Crippen molar-refractivity contribution in [2.75, 3.05) is 40.1 Å². The van der Waals surface area contributed by atoms with Crippen LogP contribution < -0.4 is 10.6 Å². The summed E-state index contributed by atoms with van der Waals surface area (Å²) in [6, 6.07) is -2.94. The Morgan fingerprint density at radius 2 is 1.23 bits per heavy atom. The Morgan fingerprint density at radius 1 is 0.682 bits per heavy atom. The molecule has 66 heavy (non-hydrogen) atoms. The first-order chi connectivity index (χ1) is 31.2. The van der Waals surface area contributed by atoms with Gasteiger partial charge in [0.1, 0.15) is 91.5 Å². The molecule has 0 bridgehead atoms. The van der Waals surface area contributed by atoms with Gasteiger partial charge in [0.05, 0.1) is 45.7 Å². The van der Waals surface area contributed by atoms with E-state index in [1.807, 2.05) is 0 Å². The molecule has 4 aliphatic rings. The van der Waals surface area contributed by atoms with E-state index in [0.717, 1.165) is 13.8 Å². The highest BCUT2D eigenvalue weighted by Crippen LogP contribution is 2.39. The Hall–Kier alpha value is -2.92. The standard InChI is InChI=1S/C38H64N2O26/c1-14(45)39-22-16(47)9-38(37(56)57,65-32(22)24(50)17(48)10-41)66-33-25(51)18(11-42)60-36(29(33)55)64-31-20(13-44)62-35(28(54)27(31)53)63-30-19(12-43)61-34(23(26(30)52)40-15(2)46)59-8-6-4-5-7-21(49)58-3/h16-20,22-36,41-44,47-48,50-55H,4-13H2,1-3H3,(H,39,45)(H,40,46)(H,56,57)/t16-,17+,18+,19+,20+,22+,23+,24+,25-,26+,27+,28+,29+,30+,31-,32+,33-,34+,35-,36+,38-/m0/s1. The average Bonchev–Trinajstić information content (AvgIpc) is 3.28. The van der Waals surface area contributed by atoms with Gasteiger partial charge in [0.15, 0.2) is 18.9 Å². The number of unbranched alkanes of at least 4 members (excludes halogenated alkanes) is 2. The van der Waals surface area contributed by atoms with Gasteiger partial charge in [-0.1, -0.05) is 6.42 Å². The molecule has 4 heterocycles. The number of ether oxygens (including phenoxy) is 9. The Kier molecular flexibility index (Phi) is 21.2. The third-order valence-corrected chi connectivity index (χ3v) is 11.5. The van der Waals surface area contributed by atoms with Crippen molar-refractivity contribution in [1.29, 1.82) is 0 Å². The van der Waals surface area contributed by atoms with Crippen molar-refractivity contribution >= 4 is 23.8 Å². The summed E-state index contributed by atoms with van der Waals surface area (Å²) >= 11 is 0. The fourth-order valence-electron chi connectivity index (χ4n) is 8.03. The molecule has 0 unspecified atom stereocenters. The zero-order valence-corrected chi connectivity index (χ0v) is 36.2. The topological polar surface area (TPSA) is 438 Å². The Balaban J connectivity index is 1.52. The number of aliphatic carboxylic acids is 1. The zero-order chi connectivity index (χ0) is 49.2. The monoisotopic (exact) mass is 964 g/mol. The van der Waals surface area contributed by atoms with Crippen LogP contribution in [0.15, 0.2) is 0 Å². The molecule has 0 aromatic carbocycles. The maximum Gasteiger partial charge on any atom is 0.364 e. The molecule has 4 fully saturated rings. The fraction of sp³-hybridized carbons (Fsp3) is 0.895. The van der Waals surface area contributed by atoms with Gasteiger partial charge in [0, 0.05) is 33.3 Å². The lowest BCUT2D eigenvalue weighted by Crippen LogP contribution is -2.71. The molecule has 0 saturated carbocycles. The van der Waals surface area contributed by atoms with Crippen LogP contribution in [0.4, 0.5) is 0 Å². The van der Waals surface area contributed by atoms with Crippen LogP contribution in [0.5, 0.6) is 0 Å². The number of methoxy groups -OCH3 is 1. The largest absolute Gasteiger partial charge is 0.477 e. The minimum absolute atomic E-state index is 0.0392. The molecule has 4 saturated heterocycles. The predicted octanol–water partition coefficient (Wildman–Crippen LogP) is -8.50. The van der Waals surface area contributed by atoms with E-state index in [9.17, 15) is 85.6 Å². The summed E-state index contributed by atoms with van der Waals surface area (Å²) in [5, 5.41) is 144. The summed E-state index contributed by atoms with van der Waals surface area (Å²) in [6.45, 7) is -1.79. The van der Waals surface area contributed by atoms with E-state index in [-0.39, 0.29) is 19.0 Å². The molecule has 4 rings (SSSR count). The van der Waals surface area contributed by atoms with Crippen LogP contribution in [0.3, 0.4) is 0 Å². The lowest BCUT2D eigenvalue weighted by atomic mass is 9.88. The molecule has 0 radical (unpaired) electrons. The highest BCUT2D eigenvalue weighted by Gasteiger charge is 2.60. The van der Waals surface area contributed by atoms with Crippen LogP contribution >= 0.6 is 0 Å². The summed E-state index contributed by atoms with van der Waals surface area (Å²) < 4.78 is 50.2. The number of nitrogens with one attached hydrogen (secondary N) is 2. The van der Waals surface area contributed by atoms with E-state index in [2.05, 4.69) is 15.4 Å². The maximum atomic E-state index is 12.9. The van der Waals surface area contributed by atoms with E-state index < -0.39 is 179 Å². The number of carboxylic acid groups (broad SMARTS) is 1. The number of amides is 2. The Morgan fingerprint density at radius 3 is 1.77 bits per heavy atom. The van der Waals surface area contributed by atoms with Crippen molar-refractivity contribution in [1.82, 2.24) is 10.6 Å². The number of carbonyl (C=O) groups excluding carboxylic acids is 3. The second kappa shape index (κ2) is 25.1. The fourth-order valence-corrected chi connectivity index (χ4v) is 8.03. The lowest BCUT2D eigenvalue weighted by Gasteiger charge is -2.51. The minimum Gasteiger partial charge on any atom is -0.477 e. The SMILES string of the molecule is COC(=O)CCCCCO[C@@H]1O[C@H](CO)[C@@H](O[C@@H]2O[C@H](CO)[C@H](O[C@H]3O[C@H](CO)[C@H](O)[C@H](O[C@]4(C(=O)O)C[C@H](O)[C@@H](NC(C)=O)[C@H]([C@H](O)[C@H](O)CO)O4)[C@H]3O)[C@H](O)[C@H]2O)[C@H](O)[C@H]1NC(C)=O. The van der Waals surface area contributed by atoms with Crippen molar-refractivity contribution in [3.8, 4) is 0 Å². The van der Waals surface area contributed by atoms with Crippen LogP contribution in [0, 0.1) is 0 Å². The molecule has 0 aromatic rings. The van der Waals surface area contributed by atoms with Gasteiger partial charge in [0.25, 0.3) is 5.79 Å². The first kappa shape index (κ1) is 55.7. The van der Waals surface area contributed by atoms with Crippen molar-refractivity contribution in [3.05, 3.63) is 0 Å². The van der Waals surface area contributed by atoms with Crippen molar-refractivity contribution in [2.45, 2.75) is 174 Å². The number of rotatable bonds is 22. The summed E-state index contributed by atoms with van der Waals surface area (Å²) in [5.41, 5.74) is 0. The maximum absolute atomic E-state index is 12.9. The van der Waals surface area contributed by atoms with E-state index in [0.29, 0.717) is 19.3 Å². The quantitative estimate of drug-likeness (QED) is 0.0354. The molecule has 2 amide bonds. The second-order valence-corrected chi connectivity index (χ2v) is 16.3. The van der Waals surface area contributed by atoms with Gasteiger partial charge in [-0.2, -0.15) is 0 Å². The number of hydrogen-bond donors (Lipinski definition) is 15. The minimum atomic E-state index is -3.12. The van der Waals surface area contributed by atoms with Crippen molar-refractivity contribution in [2.24, 2.45) is 0 Å². The van der Waals surface area contributed by atoms with Gasteiger partial charge >= 0.3 is 11.9 Å². The molecular formula is C38H64N2O26. The lowest BCUT2D eigenvalue weighted by molar-refractivity contribution is -0.391. The van der Waals surface area contributed by atoms with E-state index in [1.165, 1.54) is 7.11 Å². The zero-order valence-electron chi connectivity index (χ0n) is 36.2. The van der Waals surface area contributed by atoms with Gasteiger partial charge in [0.2, 0.25) is 11.8 Å². The normalized spacial score (nSPS) is 40.5. The first-order valence-corrected chi connectivity index (χ1v) is 21.2. The number of carboxylic acids is 1. The first-order valence-electron chi connectivity index (χ1n) is 21.2. The highest BCUT2D eigenvalue weighted by atomic mass is 16.8. The van der Waals surface area contributed by atoms with Crippen LogP contribution in [0.25, 0.3) is 0 Å². The Bertz CT molecular complexity index is 1570.